The van der Waals surface area contributed by atoms with Gasteiger partial charge < -0.3 is 10.2 Å². The number of rotatable bonds is 7. The van der Waals surface area contributed by atoms with Gasteiger partial charge in [0.1, 0.15) is 11.4 Å². The molecule has 1 fully saturated rings. The molecule has 0 radical (unpaired) electrons. The molecule has 0 unspecified atom stereocenters. The average Bonchev–Trinajstić information content (AvgIpc) is 3.80. The third kappa shape index (κ3) is 5.86. The predicted molar refractivity (Wildman–Crippen MR) is 173 cm³/mol. The van der Waals surface area contributed by atoms with Crippen molar-refractivity contribution in [1.29, 1.82) is 0 Å². The van der Waals surface area contributed by atoms with E-state index in [9.17, 15) is 9.59 Å². The molecule has 2 aliphatic heterocycles. The Balaban J connectivity index is 0.941. The number of carbonyl (C=O) groups excluding carboxylic acids is 2. The molecule has 11 heteroatoms. The Bertz CT molecular complexity index is 1890. The minimum absolute atomic E-state index is 0.0462. The zero-order chi connectivity index (χ0) is 31.0. The number of hydrogen-bond donors (Lipinski definition) is 2. The number of nitrogens with one attached hydrogen (secondary N) is 2. The van der Waals surface area contributed by atoms with Crippen LogP contribution < -0.4 is 5.32 Å². The van der Waals surface area contributed by atoms with Crippen LogP contribution in [-0.4, -0.2) is 84.3 Å². The highest BCUT2D eigenvalue weighted by atomic mass is 16.2. The predicted octanol–water partition coefficient (Wildman–Crippen LogP) is 4.39. The zero-order valence-electron chi connectivity index (χ0n) is 25.4. The number of fused-ring (bicyclic) bond motifs is 1. The molecule has 5 heterocycles. The molecule has 0 saturated carbocycles. The van der Waals surface area contributed by atoms with Crippen LogP contribution in [0, 0.1) is 5.41 Å². The van der Waals surface area contributed by atoms with Crippen LogP contribution in [0.4, 0.5) is 5.69 Å². The Kier molecular flexibility index (Phi) is 7.46. The fraction of sp³-hybridized carbons (Fsp3) is 0.294. The van der Waals surface area contributed by atoms with Gasteiger partial charge in [0.15, 0.2) is 5.82 Å². The van der Waals surface area contributed by atoms with Crippen molar-refractivity contribution < 1.29 is 9.59 Å². The summed E-state index contributed by atoms with van der Waals surface area (Å²) >= 11 is 0. The normalized spacial score (nSPS) is 18.7. The fourth-order valence-electron chi connectivity index (χ4n) is 6.22. The van der Waals surface area contributed by atoms with Gasteiger partial charge in [-0.1, -0.05) is 30.3 Å². The van der Waals surface area contributed by atoms with Gasteiger partial charge in [0.25, 0.3) is 0 Å². The smallest absolute Gasteiger partial charge is 0.237 e. The first-order valence-corrected chi connectivity index (χ1v) is 15.2. The molecule has 3 aromatic heterocycles. The molecule has 228 valence electrons. The molecule has 2 N–H and O–H groups in total. The molecule has 2 aliphatic rings. The third-order valence-electron chi connectivity index (χ3n) is 8.88. The molecule has 45 heavy (non-hydrogen) atoms. The lowest BCUT2D eigenvalue weighted by Crippen LogP contribution is -2.43. The maximum atomic E-state index is 13.5. The number of aromatic nitrogens is 6. The molecule has 2 aromatic carbocycles. The number of carbonyl (C=O) groups is 2. The fourth-order valence-corrected chi connectivity index (χ4v) is 6.22. The van der Waals surface area contributed by atoms with Crippen molar-refractivity contribution in [3.63, 3.8) is 0 Å². The summed E-state index contributed by atoms with van der Waals surface area (Å²) < 4.78 is 1.74. The highest BCUT2D eigenvalue weighted by Gasteiger charge is 2.41. The van der Waals surface area contributed by atoms with Gasteiger partial charge >= 0.3 is 0 Å². The lowest BCUT2D eigenvalue weighted by Gasteiger charge is -2.29. The number of aromatic amines is 1. The van der Waals surface area contributed by atoms with Gasteiger partial charge in [-0.05, 0) is 67.8 Å². The Hall–Kier alpha value is -5.16. The van der Waals surface area contributed by atoms with Crippen LogP contribution in [0.25, 0.3) is 39.3 Å². The quantitative estimate of drug-likeness (QED) is 0.284. The van der Waals surface area contributed by atoms with Gasteiger partial charge in [0, 0.05) is 61.9 Å². The van der Waals surface area contributed by atoms with E-state index in [4.69, 9.17) is 0 Å². The van der Waals surface area contributed by atoms with E-state index in [-0.39, 0.29) is 11.8 Å². The molecule has 2 amide bonds. The van der Waals surface area contributed by atoms with E-state index in [0.29, 0.717) is 50.7 Å². The Labute approximate surface area is 261 Å². The molecule has 1 atom stereocenters. The second-order valence-electron chi connectivity index (χ2n) is 12.2. The number of benzene rings is 2. The topological polar surface area (TPSA) is 125 Å². The summed E-state index contributed by atoms with van der Waals surface area (Å²) in [5.41, 5.74) is 5.88. The van der Waals surface area contributed by atoms with E-state index >= 15 is 0 Å². The molecule has 0 aliphatic carbocycles. The van der Waals surface area contributed by atoms with Crippen LogP contribution in [0.3, 0.4) is 0 Å². The van der Waals surface area contributed by atoms with Crippen LogP contribution in [0.15, 0.2) is 79.3 Å². The number of anilines is 1. The van der Waals surface area contributed by atoms with Gasteiger partial charge in [-0.2, -0.15) is 10.2 Å². The monoisotopic (exact) mass is 601 g/mol. The second-order valence-corrected chi connectivity index (χ2v) is 12.2. The Morgan fingerprint density at radius 2 is 1.82 bits per heavy atom. The van der Waals surface area contributed by atoms with E-state index in [2.05, 4.69) is 53.7 Å². The van der Waals surface area contributed by atoms with Gasteiger partial charge in [0.2, 0.25) is 11.8 Å². The molecule has 0 spiro atoms. The largest absolute Gasteiger partial charge is 0.338 e. The highest BCUT2D eigenvalue weighted by Crippen LogP contribution is 2.33. The first kappa shape index (κ1) is 28.6. The number of aryl methyl sites for hydroxylation is 1. The summed E-state index contributed by atoms with van der Waals surface area (Å²) in [5, 5.41) is 16.0. The molecule has 1 saturated heterocycles. The van der Waals surface area contributed by atoms with Crippen LogP contribution in [-0.2, 0) is 16.6 Å². The summed E-state index contributed by atoms with van der Waals surface area (Å²) in [7, 11) is 1.87. The van der Waals surface area contributed by atoms with Crippen molar-refractivity contribution >= 4 is 34.0 Å². The molecule has 0 bridgehead atoms. The van der Waals surface area contributed by atoms with Crippen LogP contribution in [0.5, 0.6) is 0 Å². The molecular weight excluding hydrogens is 566 g/mol. The van der Waals surface area contributed by atoms with Crippen molar-refractivity contribution in [2.75, 3.05) is 38.0 Å². The van der Waals surface area contributed by atoms with Gasteiger partial charge in [-0.3, -0.25) is 24.3 Å². The van der Waals surface area contributed by atoms with Gasteiger partial charge in [-0.25, -0.2) is 9.97 Å². The number of hydrogen-bond acceptors (Lipinski definition) is 7. The van der Waals surface area contributed by atoms with E-state index in [0.717, 1.165) is 39.8 Å². The molecule has 11 nitrogen and oxygen atoms in total. The van der Waals surface area contributed by atoms with Crippen LogP contribution >= 0.6 is 0 Å². The minimum Gasteiger partial charge on any atom is -0.338 e. The molecule has 5 aromatic rings. The lowest BCUT2D eigenvalue weighted by atomic mass is 9.88. The lowest BCUT2D eigenvalue weighted by molar-refractivity contribution is -0.132. The summed E-state index contributed by atoms with van der Waals surface area (Å²) in [6.45, 7) is 4.79. The minimum atomic E-state index is -0.596. The summed E-state index contributed by atoms with van der Waals surface area (Å²) in [6, 6.07) is 17.7. The van der Waals surface area contributed by atoms with E-state index in [1.165, 1.54) is 5.57 Å². The van der Waals surface area contributed by atoms with Crippen LogP contribution in [0.1, 0.15) is 25.3 Å². The number of H-pyrrole nitrogens is 1. The first-order chi connectivity index (χ1) is 21.8. The van der Waals surface area contributed by atoms with Crippen molar-refractivity contribution in [2.45, 2.75) is 19.8 Å². The van der Waals surface area contributed by atoms with Crippen molar-refractivity contribution in [1.82, 2.24) is 39.7 Å². The number of amides is 2. The van der Waals surface area contributed by atoms with Gasteiger partial charge in [-0.15, -0.1) is 0 Å². The van der Waals surface area contributed by atoms with E-state index < -0.39 is 5.41 Å². The maximum absolute atomic E-state index is 13.5. The average molecular weight is 602 g/mol. The summed E-state index contributed by atoms with van der Waals surface area (Å²) in [5.74, 6) is 0.758. The standard InChI is InChI=1S/C34H35N9O2/c1-34(33(45)37-26-8-9-28-27(20-26)31(39-38-28)29-12-16-41(2)40-29)13-19-42(22-34)21-30(44)43-17-10-24(11-18-43)23-4-6-25(7-5-23)32-35-14-3-15-36-32/h3-10,12,14-16,20H,11,13,17-19,21-22H2,1-2H3,(H,37,45)(H,38,39)/t34-/m1/s1. The molecule has 7 rings (SSSR count). The summed E-state index contributed by atoms with van der Waals surface area (Å²) in [6.07, 6.45) is 8.99. The highest BCUT2D eigenvalue weighted by molar-refractivity contribution is 6.00. The molecular formula is C34H35N9O2. The van der Waals surface area contributed by atoms with Crippen molar-refractivity contribution in [3.8, 4) is 22.8 Å². The Morgan fingerprint density at radius 1 is 1.02 bits per heavy atom. The van der Waals surface area contributed by atoms with Gasteiger partial charge in [0.05, 0.1) is 17.5 Å². The maximum Gasteiger partial charge on any atom is 0.237 e. The number of nitrogens with zero attached hydrogens (tertiary/aromatic N) is 7. The second kappa shape index (κ2) is 11.7. The van der Waals surface area contributed by atoms with Crippen LogP contribution in [0.2, 0.25) is 0 Å². The number of likely N-dealkylation sites (tertiary alicyclic amines) is 1. The van der Waals surface area contributed by atoms with Crippen molar-refractivity contribution in [3.05, 3.63) is 84.8 Å². The van der Waals surface area contributed by atoms with Crippen molar-refractivity contribution in [2.24, 2.45) is 12.5 Å². The first-order valence-electron chi connectivity index (χ1n) is 15.2. The van der Waals surface area contributed by atoms with E-state index in [1.807, 2.05) is 61.5 Å². The van der Waals surface area contributed by atoms with E-state index in [1.54, 1.807) is 23.1 Å². The third-order valence-corrected chi connectivity index (χ3v) is 8.88. The SMILES string of the molecule is Cn1ccc(-c2n[nH]c3ccc(NC(=O)[C@]4(C)CCN(CC(=O)N5CC=C(c6ccc(-c7ncccn7)cc6)CC5)C4)cc23)n1. The zero-order valence-corrected chi connectivity index (χ0v) is 25.4. The summed E-state index contributed by atoms with van der Waals surface area (Å²) in [4.78, 5) is 39.4. The Morgan fingerprint density at radius 3 is 2.56 bits per heavy atom.